The third-order valence-electron chi connectivity index (χ3n) is 6.46. The Morgan fingerprint density at radius 1 is 0.917 bits per heavy atom. The molecule has 0 aromatic heterocycles. The Morgan fingerprint density at radius 2 is 1.46 bits per heavy atom. The molecule has 1 heterocycles. The van der Waals surface area contributed by atoms with Gasteiger partial charge in [-0.05, 0) is 49.6 Å². The summed E-state index contributed by atoms with van der Waals surface area (Å²) in [4.78, 5) is 5.27. The van der Waals surface area contributed by atoms with Crippen molar-refractivity contribution in [2.75, 3.05) is 33.2 Å². The summed E-state index contributed by atoms with van der Waals surface area (Å²) < 4.78 is 0. The first kappa shape index (κ1) is 19.8. The van der Waals surface area contributed by atoms with Crippen LogP contribution in [0, 0.1) is 11.3 Å². The Labute approximate surface area is 155 Å². The van der Waals surface area contributed by atoms with E-state index < -0.39 is 0 Å². The molecule has 0 spiro atoms. The number of hydrogen-bond acceptors (Lipinski definition) is 2. The number of nitrogens with zero attached hydrogens (tertiary/aromatic N) is 2. The largest absolute Gasteiger partial charge is 0.304 e. The van der Waals surface area contributed by atoms with Gasteiger partial charge in [0.2, 0.25) is 0 Å². The number of piperazine rings is 1. The molecule has 24 heavy (non-hydrogen) atoms. The third kappa shape index (κ3) is 3.98. The van der Waals surface area contributed by atoms with E-state index in [1.54, 1.807) is 5.56 Å². The summed E-state index contributed by atoms with van der Waals surface area (Å²) >= 11 is 0. The smallest absolute Gasteiger partial charge is 0.0461 e. The topological polar surface area (TPSA) is 6.48 Å². The molecule has 0 unspecified atom stereocenters. The molecule has 136 valence electrons. The molecule has 0 atom stereocenters. The third-order valence-corrected chi connectivity index (χ3v) is 6.46. The van der Waals surface area contributed by atoms with Crippen molar-refractivity contribution in [1.29, 1.82) is 0 Å². The van der Waals surface area contributed by atoms with Crippen molar-refractivity contribution >= 4 is 12.4 Å². The Bertz CT molecular complexity index is 492. The van der Waals surface area contributed by atoms with Crippen molar-refractivity contribution in [3.8, 4) is 0 Å². The highest BCUT2D eigenvalue weighted by Gasteiger charge is 2.44. The zero-order chi connectivity index (χ0) is 16.5. The molecular weight excluding hydrogens is 316 g/mol. The van der Waals surface area contributed by atoms with Gasteiger partial charge in [-0.2, -0.15) is 0 Å². The predicted molar refractivity (Wildman–Crippen MR) is 106 cm³/mol. The first-order valence-electron chi connectivity index (χ1n) is 9.41. The molecule has 2 fully saturated rings. The molecule has 0 radical (unpaired) electrons. The fourth-order valence-electron chi connectivity index (χ4n) is 4.73. The summed E-state index contributed by atoms with van der Waals surface area (Å²) in [6.07, 6.45) is 5.38. The van der Waals surface area contributed by atoms with Crippen LogP contribution < -0.4 is 0 Å². The second-order valence-corrected chi connectivity index (χ2v) is 8.83. The Balaban J connectivity index is 0.00000208. The van der Waals surface area contributed by atoms with Crippen LogP contribution in [0.25, 0.3) is 0 Å². The number of likely N-dealkylation sites (N-methyl/N-ethyl adjacent to an activating group) is 1. The van der Waals surface area contributed by atoms with Crippen LogP contribution in [0.3, 0.4) is 0 Å². The summed E-state index contributed by atoms with van der Waals surface area (Å²) in [7, 11) is 2.25. The van der Waals surface area contributed by atoms with Gasteiger partial charge in [-0.3, -0.25) is 4.90 Å². The molecule has 1 saturated heterocycles. The van der Waals surface area contributed by atoms with Crippen molar-refractivity contribution in [2.24, 2.45) is 11.3 Å². The summed E-state index contributed by atoms with van der Waals surface area (Å²) in [6.45, 7) is 12.1. The van der Waals surface area contributed by atoms with E-state index in [-0.39, 0.29) is 17.9 Å². The number of hydrogen-bond donors (Lipinski definition) is 0. The van der Waals surface area contributed by atoms with Crippen LogP contribution in [-0.4, -0.2) is 43.0 Å². The Hall–Kier alpha value is -0.570. The second-order valence-electron chi connectivity index (χ2n) is 8.83. The summed E-state index contributed by atoms with van der Waals surface area (Å²) in [5, 5.41) is 0. The maximum Gasteiger partial charge on any atom is 0.0461 e. The van der Waals surface area contributed by atoms with Gasteiger partial charge in [0.25, 0.3) is 0 Å². The van der Waals surface area contributed by atoms with Crippen LogP contribution in [0.5, 0.6) is 0 Å². The molecule has 3 rings (SSSR count). The van der Waals surface area contributed by atoms with Gasteiger partial charge in [-0.25, -0.2) is 0 Å². The molecule has 0 N–H and O–H groups in total. The Kier molecular flexibility index (Phi) is 6.39. The normalized spacial score (nSPS) is 29.9. The van der Waals surface area contributed by atoms with E-state index in [0.717, 1.165) is 5.92 Å². The van der Waals surface area contributed by atoms with Crippen molar-refractivity contribution in [3.63, 3.8) is 0 Å². The number of halogens is 1. The van der Waals surface area contributed by atoms with E-state index in [2.05, 4.69) is 68.0 Å². The number of rotatable bonds is 2. The minimum Gasteiger partial charge on any atom is -0.304 e. The molecule has 0 bridgehead atoms. The zero-order valence-corrected chi connectivity index (χ0v) is 16.7. The monoisotopic (exact) mass is 350 g/mol. The number of benzene rings is 1. The van der Waals surface area contributed by atoms with E-state index >= 15 is 0 Å². The van der Waals surface area contributed by atoms with E-state index in [1.807, 2.05) is 0 Å². The van der Waals surface area contributed by atoms with Crippen molar-refractivity contribution in [2.45, 2.75) is 52.0 Å². The zero-order valence-electron chi connectivity index (χ0n) is 15.9. The molecule has 1 aromatic carbocycles. The molecule has 2 nitrogen and oxygen atoms in total. The molecule has 3 heteroatoms. The fourth-order valence-corrected chi connectivity index (χ4v) is 4.73. The van der Waals surface area contributed by atoms with Gasteiger partial charge >= 0.3 is 0 Å². The highest BCUT2D eigenvalue weighted by atomic mass is 35.5. The lowest BCUT2D eigenvalue weighted by molar-refractivity contribution is -0.0136. The summed E-state index contributed by atoms with van der Waals surface area (Å²) in [6, 6.07) is 11.3. The molecule has 1 aliphatic heterocycles. The van der Waals surface area contributed by atoms with Crippen LogP contribution in [0.2, 0.25) is 0 Å². The highest BCUT2D eigenvalue weighted by Crippen LogP contribution is 2.48. The maximum atomic E-state index is 2.81. The standard InChI is InChI=1S/C21H34N2.ClH/c1-20(2,3)18-10-12-21(13-11-18,19-8-6-5-7-9-19)23-16-14-22(4)15-17-23;/h5-9,18H,10-17H2,1-4H3;1H. The minimum atomic E-state index is 0. The Morgan fingerprint density at radius 3 is 1.96 bits per heavy atom. The van der Waals surface area contributed by atoms with Gasteiger partial charge in [0.05, 0.1) is 0 Å². The molecule has 1 aliphatic carbocycles. The average Bonchev–Trinajstić information content (AvgIpc) is 2.55. The van der Waals surface area contributed by atoms with Gasteiger partial charge in [0.15, 0.2) is 0 Å². The fraction of sp³-hybridized carbons (Fsp3) is 0.714. The van der Waals surface area contributed by atoms with Crippen molar-refractivity contribution in [1.82, 2.24) is 9.80 Å². The molecule has 1 saturated carbocycles. The molecule has 1 aromatic rings. The lowest BCUT2D eigenvalue weighted by Gasteiger charge is -2.52. The minimum absolute atomic E-state index is 0. The van der Waals surface area contributed by atoms with Gasteiger partial charge in [-0.15, -0.1) is 12.4 Å². The van der Waals surface area contributed by atoms with E-state index in [1.165, 1.54) is 51.9 Å². The first-order chi connectivity index (χ1) is 10.9. The van der Waals surface area contributed by atoms with E-state index in [9.17, 15) is 0 Å². The SMILES string of the molecule is CN1CCN(C2(c3ccccc3)CCC(C(C)(C)C)CC2)CC1.Cl. The maximum absolute atomic E-state index is 2.81. The average molecular weight is 351 g/mol. The van der Waals surface area contributed by atoms with Crippen LogP contribution >= 0.6 is 12.4 Å². The predicted octanol–water partition coefficient (Wildman–Crippen LogP) is 4.79. The van der Waals surface area contributed by atoms with Gasteiger partial charge in [0, 0.05) is 31.7 Å². The van der Waals surface area contributed by atoms with Crippen molar-refractivity contribution < 1.29 is 0 Å². The summed E-state index contributed by atoms with van der Waals surface area (Å²) in [5.41, 5.74) is 2.28. The van der Waals surface area contributed by atoms with Crippen LogP contribution in [-0.2, 0) is 5.54 Å². The second kappa shape index (κ2) is 7.76. The van der Waals surface area contributed by atoms with Crippen molar-refractivity contribution in [3.05, 3.63) is 35.9 Å². The van der Waals surface area contributed by atoms with Crippen LogP contribution in [0.1, 0.15) is 52.0 Å². The van der Waals surface area contributed by atoms with Crippen LogP contribution in [0.4, 0.5) is 0 Å². The van der Waals surface area contributed by atoms with Gasteiger partial charge in [-0.1, -0.05) is 51.1 Å². The van der Waals surface area contributed by atoms with E-state index in [4.69, 9.17) is 0 Å². The van der Waals surface area contributed by atoms with Crippen LogP contribution in [0.15, 0.2) is 30.3 Å². The quantitative estimate of drug-likeness (QED) is 0.756. The summed E-state index contributed by atoms with van der Waals surface area (Å²) in [5.74, 6) is 0.867. The van der Waals surface area contributed by atoms with Gasteiger partial charge in [0.1, 0.15) is 0 Å². The first-order valence-corrected chi connectivity index (χ1v) is 9.41. The van der Waals surface area contributed by atoms with Gasteiger partial charge < -0.3 is 4.90 Å². The van der Waals surface area contributed by atoms with E-state index in [0.29, 0.717) is 5.41 Å². The lowest BCUT2D eigenvalue weighted by Crippen LogP contribution is -2.56. The highest BCUT2D eigenvalue weighted by molar-refractivity contribution is 5.85. The molecule has 0 amide bonds. The lowest BCUT2D eigenvalue weighted by atomic mass is 9.65. The molecule has 2 aliphatic rings. The molecular formula is C21H35ClN2.